The summed E-state index contributed by atoms with van der Waals surface area (Å²) in [7, 11) is 0. The van der Waals surface area contributed by atoms with Crippen molar-refractivity contribution in [2.24, 2.45) is 5.92 Å². The molecule has 3 rings (SSSR count). The number of carbonyl (C=O) groups is 2. The van der Waals surface area contributed by atoms with Gasteiger partial charge in [-0.15, -0.1) is 0 Å². The molecule has 0 aromatic heterocycles. The number of hydrogen-bond donors (Lipinski definition) is 0. The van der Waals surface area contributed by atoms with Gasteiger partial charge in [0.1, 0.15) is 5.75 Å². The van der Waals surface area contributed by atoms with Crippen molar-refractivity contribution >= 4 is 11.8 Å². The summed E-state index contributed by atoms with van der Waals surface area (Å²) >= 11 is 0. The second-order valence-electron chi connectivity index (χ2n) is 7.29. The van der Waals surface area contributed by atoms with E-state index in [9.17, 15) is 9.59 Å². The first-order valence-corrected chi connectivity index (χ1v) is 9.92. The van der Waals surface area contributed by atoms with E-state index in [4.69, 9.17) is 4.74 Å². The number of likely N-dealkylation sites (tertiary alicyclic amines) is 2. The van der Waals surface area contributed by atoms with Crippen molar-refractivity contribution < 1.29 is 14.3 Å². The molecular formula is C22H28N2O3. The van der Waals surface area contributed by atoms with Crippen molar-refractivity contribution in [2.75, 3.05) is 32.8 Å². The van der Waals surface area contributed by atoms with E-state index in [0.29, 0.717) is 24.5 Å². The molecule has 1 atom stereocenters. The van der Waals surface area contributed by atoms with Gasteiger partial charge in [-0.1, -0.05) is 18.1 Å². The zero-order valence-electron chi connectivity index (χ0n) is 16.1. The Kier molecular flexibility index (Phi) is 6.75. The highest BCUT2D eigenvalue weighted by molar-refractivity contribution is 5.97. The lowest BCUT2D eigenvalue weighted by Crippen LogP contribution is -2.41. The molecule has 2 saturated heterocycles. The Hall–Kier alpha value is -2.48. The van der Waals surface area contributed by atoms with Crippen molar-refractivity contribution in [2.45, 2.75) is 39.0 Å². The Balaban J connectivity index is 1.61. The van der Waals surface area contributed by atoms with Crippen LogP contribution in [-0.4, -0.2) is 54.4 Å². The van der Waals surface area contributed by atoms with Gasteiger partial charge in [0.2, 0.25) is 0 Å². The lowest BCUT2D eigenvalue weighted by atomic mass is 9.99. The van der Waals surface area contributed by atoms with Crippen LogP contribution in [-0.2, 0) is 4.79 Å². The first kappa shape index (κ1) is 19.3. The van der Waals surface area contributed by atoms with E-state index in [2.05, 4.69) is 11.8 Å². The number of nitrogens with zero attached hydrogens (tertiary/aromatic N) is 2. The van der Waals surface area contributed by atoms with E-state index < -0.39 is 0 Å². The van der Waals surface area contributed by atoms with Crippen LogP contribution in [0.1, 0.15) is 49.4 Å². The quantitative estimate of drug-likeness (QED) is 0.768. The minimum Gasteiger partial charge on any atom is -0.492 e. The van der Waals surface area contributed by atoms with Crippen LogP contribution in [0, 0.1) is 17.8 Å². The third-order valence-corrected chi connectivity index (χ3v) is 5.27. The number of piperidine rings is 2. The molecule has 5 nitrogen and oxygen atoms in total. The summed E-state index contributed by atoms with van der Waals surface area (Å²) in [5, 5.41) is 0. The summed E-state index contributed by atoms with van der Waals surface area (Å²) in [5.41, 5.74) is 0.639. The van der Waals surface area contributed by atoms with Crippen molar-refractivity contribution in [1.29, 1.82) is 0 Å². The maximum atomic E-state index is 12.9. The molecule has 2 fully saturated rings. The van der Waals surface area contributed by atoms with E-state index in [0.717, 1.165) is 45.3 Å². The number of carbonyl (C=O) groups excluding carboxylic acids is 2. The van der Waals surface area contributed by atoms with Crippen molar-refractivity contribution in [3.8, 4) is 17.6 Å². The predicted molar refractivity (Wildman–Crippen MR) is 104 cm³/mol. The Morgan fingerprint density at radius 3 is 2.59 bits per heavy atom. The zero-order valence-corrected chi connectivity index (χ0v) is 16.1. The van der Waals surface area contributed by atoms with Gasteiger partial charge in [0.15, 0.2) is 0 Å². The number of hydrogen-bond acceptors (Lipinski definition) is 3. The normalized spacial score (nSPS) is 19.8. The minimum atomic E-state index is -0.108. The van der Waals surface area contributed by atoms with Gasteiger partial charge in [0.05, 0.1) is 12.2 Å². The summed E-state index contributed by atoms with van der Waals surface area (Å²) in [6.07, 6.45) is 5.31. The van der Waals surface area contributed by atoms with Crippen LogP contribution in [0.15, 0.2) is 24.3 Å². The van der Waals surface area contributed by atoms with Gasteiger partial charge < -0.3 is 14.5 Å². The van der Waals surface area contributed by atoms with E-state index >= 15 is 0 Å². The van der Waals surface area contributed by atoms with Gasteiger partial charge in [-0.3, -0.25) is 9.59 Å². The minimum absolute atomic E-state index is 0.0592. The molecule has 5 heteroatoms. The second kappa shape index (κ2) is 9.45. The van der Waals surface area contributed by atoms with E-state index in [1.807, 2.05) is 29.2 Å². The highest BCUT2D eigenvalue weighted by Crippen LogP contribution is 2.24. The Morgan fingerprint density at radius 1 is 1.07 bits per heavy atom. The Labute approximate surface area is 161 Å². The van der Waals surface area contributed by atoms with Crippen LogP contribution >= 0.6 is 0 Å². The molecule has 2 amide bonds. The lowest BCUT2D eigenvalue weighted by molar-refractivity contribution is -0.127. The molecule has 2 aliphatic heterocycles. The summed E-state index contributed by atoms with van der Waals surface area (Å²) in [6.45, 7) is 5.26. The third kappa shape index (κ3) is 5.03. The number of benzene rings is 1. The van der Waals surface area contributed by atoms with Crippen molar-refractivity contribution in [1.82, 2.24) is 9.80 Å². The molecule has 0 aliphatic carbocycles. The van der Waals surface area contributed by atoms with E-state index in [-0.39, 0.29) is 17.7 Å². The standard InChI is InChI=1S/C22H28N2O3/c1-2-9-21(25)24-15-8-10-18(16-24)17-27-20-12-5-4-11-19(20)22(26)23-13-6-3-7-14-23/h4-5,11-12,18H,3,6-8,10,13-17H2,1H3. The first-order valence-electron chi connectivity index (χ1n) is 9.92. The van der Waals surface area contributed by atoms with Crippen LogP contribution in [0.5, 0.6) is 5.75 Å². The fourth-order valence-corrected chi connectivity index (χ4v) is 3.82. The molecular weight excluding hydrogens is 340 g/mol. The molecule has 0 saturated carbocycles. The summed E-state index contributed by atoms with van der Waals surface area (Å²) in [4.78, 5) is 28.6. The van der Waals surface area contributed by atoms with Crippen LogP contribution in [0.3, 0.4) is 0 Å². The number of para-hydroxylation sites is 1. The first-order chi connectivity index (χ1) is 13.2. The van der Waals surface area contributed by atoms with Gasteiger partial charge in [-0.2, -0.15) is 0 Å². The topological polar surface area (TPSA) is 49.9 Å². The van der Waals surface area contributed by atoms with E-state index in [1.54, 1.807) is 11.8 Å². The number of ether oxygens (including phenoxy) is 1. The van der Waals surface area contributed by atoms with Crippen LogP contribution in [0.4, 0.5) is 0 Å². The second-order valence-corrected chi connectivity index (χ2v) is 7.29. The average Bonchev–Trinajstić information content (AvgIpc) is 2.73. The number of amides is 2. The highest BCUT2D eigenvalue weighted by Gasteiger charge is 2.25. The third-order valence-electron chi connectivity index (χ3n) is 5.27. The molecule has 1 unspecified atom stereocenters. The largest absolute Gasteiger partial charge is 0.492 e. The average molecular weight is 368 g/mol. The molecule has 2 heterocycles. The van der Waals surface area contributed by atoms with Gasteiger partial charge >= 0.3 is 0 Å². The van der Waals surface area contributed by atoms with Gasteiger partial charge in [0, 0.05) is 32.1 Å². The van der Waals surface area contributed by atoms with Gasteiger partial charge in [-0.05, 0) is 57.1 Å². The Morgan fingerprint density at radius 2 is 1.81 bits per heavy atom. The lowest BCUT2D eigenvalue weighted by Gasteiger charge is -2.31. The summed E-state index contributed by atoms with van der Waals surface area (Å²) in [6, 6.07) is 7.50. The van der Waals surface area contributed by atoms with E-state index in [1.165, 1.54) is 6.42 Å². The van der Waals surface area contributed by atoms with Crippen LogP contribution < -0.4 is 4.74 Å². The molecule has 0 bridgehead atoms. The van der Waals surface area contributed by atoms with Crippen LogP contribution in [0.2, 0.25) is 0 Å². The summed E-state index contributed by atoms with van der Waals surface area (Å²) in [5.74, 6) is 6.15. The smallest absolute Gasteiger partial charge is 0.298 e. The summed E-state index contributed by atoms with van der Waals surface area (Å²) < 4.78 is 6.06. The molecule has 2 aliphatic rings. The fourth-order valence-electron chi connectivity index (χ4n) is 3.82. The maximum Gasteiger partial charge on any atom is 0.298 e. The molecule has 144 valence electrons. The molecule has 1 aromatic carbocycles. The maximum absolute atomic E-state index is 12.9. The van der Waals surface area contributed by atoms with Crippen molar-refractivity contribution in [3.05, 3.63) is 29.8 Å². The molecule has 0 radical (unpaired) electrons. The van der Waals surface area contributed by atoms with Gasteiger partial charge in [0.25, 0.3) is 11.8 Å². The Bertz CT molecular complexity index is 729. The monoisotopic (exact) mass is 368 g/mol. The predicted octanol–water partition coefficient (Wildman–Crippen LogP) is 2.95. The fraction of sp³-hybridized carbons (Fsp3) is 0.545. The van der Waals surface area contributed by atoms with Crippen molar-refractivity contribution in [3.63, 3.8) is 0 Å². The molecule has 0 N–H and O–H groups in total. The van der Waals surface area contributed by atoms with Crippen LogP contribution in [0.25, 0.3) is 0 Å². The molecule has 27 heavy (non-hydrogen) atoms. The SMILES string of the molecule is CC#CC(=O)N1CCCC(COc2ccccc2C(=O)N2CCCCC2)C1. The highest BCUT2D eigenvalue weighted by atomic mass is 16.5. The zero-order chi connectivity index (χ0) is 19.1. The van der Waals surface area contributed by atoms with Gasteiger partial charge in [-0.25, -0.2) is 0 Å². The molecule has 0 spiro atoms. The number of rotatable bonds is 4. The molecule has 1 aromatic rings.